The molecule has 0 aromatic heterocycles. The molecule has 2 unspecified atom stereocenters. The normalized spacial score (nSPS) is 12.3. The van der Waals surface area contributed by atoms with Crippen molar-refractivity contribution in [3.63, 3.8) is 0 Å². The van der Waals surface area contributed by atoms with Gasteiger partial charge in [-0.3, -0.25) is 9.59 Å². The van der Waals surface area contributed by atoms with Crippen molar-refractivity contribution < 1.29 is 51.7 Å². The second-order valence-corrected chi connectivity index (χ2v) is 7.99. The van der Waals surface area contributed by atoms with Crippen LogP contribution < -0.4 is 0 Å². The Hall–Kier alpha value is -0.946. The smallest absolute Gasteiger partial charge is 0.155 e. The first-order chi connectivity index (χ1) is 14.9. The summed E-state index contributed by atoms with van der Waals surface area (Å²) >= 11 is 0. The van der Waals surface area contributed by atoms with E-state index in [1.54, 1.807) is 0 Å². The van der Waals surface area contributed by atoms with E-state index in [0.717, 1.165) is 12.8 Å². The molecule has 0 aliphatic heterocycles. The number of hydrogen-bond acceptors (Lipinski definition) is 6. The number of rotatable bonds is 12. The van der Waals surface area contributed by atoms with Crippen LogP contribution in [0.5, 0.6) is 0 Å². The molecule has 2 atom stereocenters. The maximum Gasteiger partial charge on any atom is 0.155 e. The van der Waals surface area contributed by atoms with Gasteiger partial charge in [-0.05, 0) is 52.4 Å². The van der Waals surface area contributed by atoms with Crippen molar-refractivity contribution in [2.75, 3.05) is 13.2 Å². The van der Waals surface area contributed by atoms with Gasteiger partial charge in [0.05, 0.1) is 11.5 Å². The molecule has 0 saturated carbocycles. The zero-order valence-corrected chi connectivity index (χ0v) is 24.0. The molecule has 7 heteroatoms. The van der Waals surface area contributed by atoms with Gasteiger partial charge in [-0.25, -0.2) is 0 Å². The molecular weight excluding hydrogens is 456 g/mol. The summed E-state index contributed by atoms with van der Waals surface area (Å²) in [5.41, 5.74) is 0. The van der Waals surface area contributed by atoms with Gasteiger partial charge < -0.3 is 20.4 Å². The van der Waals surface area contributed by atoms with Gasteiger partial charge in [0.15, 0.2) is 11.6 Å². The van der Waals surface area contributed by atoms with Crippen molar-refractivity contribution in [3.05, 3.63) is 23.7 Å². The fourth-order valence-corrected chi connectivity index (χ4v) is 2.42. The maximum atomic E-state index is 10.0. The molecule has 0 aliphatic carbocycles. The van der Waals surface area contributed by atoms with E-state index in [2.05, 4.69) is 27.7 Å². The van der Waals surface area contributed by atoms with Gasteiger partial charge in [0.25, 0.3) is 0 Å². The van der Waals surface area contributed by atoms with Gasteiger partial charge in [0.2, 0.25) is 0 Å². The number of carbonyl (C=O) groups excluding carboxylic acids is 2. The van der Waals surface area contributed by atoms with Crippen molar-refractivity contribution in [2.45, 2.75) is 107 Å². The Balaban J connectivity index is -0.000000105. The Kier molecular flexibility index (Phi) is 42.5. The third-order valence-electron chi connectivity index (χ3n) is 4.43. The summed E-state index contributed by atoms with van der Waals surface area (Å²) in [6.07, 6.45) is 12.0. The summed E-state index contributed by atoms with van der Waals surface area (Å²) in [6.45, 7) is 15.1. The van der Waals surface area contributed by atoms with E-state index in [1.165, 1.54) is 78.4 Å². The Morgan fingerprint density at radius 3 is 1.03 bits per heavy atom. The first-order valence-electron chi connectivity index (χ1n) is 11.9. The molecule has 0 spiro atoms. The van der Waals surface area contributed by atoms with Gasteiger partial charge in [0.1, 0.15) is 0 Å². The van der Waals surface area contributed by atoms with E-state index in [1.807, 2.05) is 0 Å². The van der Waals surface area contributed by atoms with E-state index in [0.29, 0.717) is 25.0 Å². The minimum absolute atomic E-state index is 0. The third-order valence-corrected chi connectivity index (χ3v) is 4.43. The van der Waals surface area contributed by atoms with Crippen molar-refractivity contribution >= 4 is 11.6 Å². The van der Waals surface area contributed by atoms with Crippen LogP contribution in [-0.4, -0.2) is 45.2 Å². The summed E-state index contributed by atoms with van der Waals surface area (Å²) in [5.74, 6) is 0.995. The summed E-state index contributed by atoms with van der Waals surface area (Å²) in [5, 5.41) is 34.2. The fourth-order valence-electron chi connectivity index (χ4n) is 2.42. The molecule has 0 saturated heterocycles. The molecule has 0 fully saturated rings. The van der Waals surface area contributed by atoms with Crippen LogP contribution in [0.2, 0.25) is 0 Å². The topological polar surface area (TPSA) is 115 Å². The van der Waals surface area contributed by atoms with E-state index >= 15 is 0 Å². The Morgan fingerprint density at radius 1 is 0.667 bits per heavy atom. The monoisotopic (exact) mass is 508 g/mol. The van der Waals surface area contributed by atoms with Crippen LogP contribution in [0.4, 0.5) is 0 Å². The van der Waals surface area contributed by atoms with E-state index in [4.69, 9.17) is 20.4 Å². The molecule has 0 amide bonds. The molecule has 0 aromatic rings. The van der Waals surface area contributed by atoms with Gasteiger partial charge in [0, 0.05) is 47.1 Å². The predicted octanol–water partition coefficient (Wildman–Crippen LogP) is 6.46. The van der Waals surface area contributed by atoms with Crippen molar-refractivity contribution in [1.82, 2.24) is 0 Å². The van der Waals surface area contributed by atoms with Gasteiger partial charge in [-0.2, -0.15) is 0 Å². The molecule has 0 aliphatic rings. The number of ketones is 2. The number of carbonyl (C=O) groups is 2. The van der Waals surface area contributed by atoms with Crippen LogP contribution in [-0.2, 0) is 31.3 Å². The molecule has 0 bridgehead atoms. The van der Waals surface area contributed by atoms with E-state index < -0.39 is 0 Å². The Labute approximate surface area is 218 Å². The van der Waals surface area contributed by atoms with Crippen molar-refractivity contribution in [3.8, 4) is 0 Å². The Bertz CT molecular complexity index is 429. The van der Waals surface area contributed by atoms with E-state index in [-0.39, 0.29) is 44.8 Å². The van der Waals surface area contributed by atoms with Crippen LogP contribution in [0.15, 0.2) is 23.7 Å². The molecule has 0 aromatic carbocycles. The summed E-state index contributed by atoms with van der Waals surface area (Å²) in [7, 11) is 0. The van der Waals surface area contributed by atoms with Crippen LogP contribution >= 0.6 is 0 Å². The summed E-state index contributed by atoms with van der Waals surface area (Å²) in [6, 6.07) is 0. The molecule has 0 rings (SSSR count). The average molecular weight is 509 g/mol. The number of hydrogen-bond donors (Lipinski definition) is 4. The van der Waals surface area contributed by atoms with Crippen molar-refractivity contribution in [1.29, 1.82) is 0 Å². The predicted molar refractivity (Wildman–Crippen MR) is 135 cm³/mol. The molecule has 0 heterocycles. The van der Waals surface area contributed by atoms with Crippen molar-refractivity contribution in [2.24, 2.45) is 11.8 Å². The maximum absolute atomic E-state index is 10.0. The zero-order valence-electron chi connectivity index (χ0n) is 22.5. The van der Waals surface area contributed by atoms with Crippen LogP contribution in [0.25, 0.3) is 0 Å². The summed E-state index contributed by atoms with van der Waals surface area (Å²) < 4.78 is 0. The molecule has 6 nitrogen and oxygen atoms in total. The zero-order chi connectivity index (χ0) is 25.9. The van der Waals surface area contributed by atoms with Gasteiger partial charge in [-0.1, -0.05) is 66.2 Å². The number of aliphatic hydroxyl groups excluding tert-OH is 4. The van der Waals surface area contributed by atoms with Crippen LogP contribution in [0.1, 0.15) is 107 Å². The summed E-state index contributed by atoms with van der Waals surface area (Å²) in [4.78, 5) is 20.0. The average Bonchev–Trinajstić information content (AvgIpc) is 2.69. The second-order valence-electron chi connectivity index (χ2n) is 7.99. The number of unbranched alkanes of at least 4 members (excludes halogenated alkanes) is 2. The molecular formula is C26H52O6Ti. The standard InChI is InChI=1S/2C8H18O.2C5H8O2.Ti/c2*1-3-5-6-8(4-2)7-9;2*1-4(6)3-5(2)7;/h2*8-9H,3-7H2,1-2H3;2*3,6H,1-2H3;/b;;4-3+;4-3-;. The SMILES string of the molecule is CC(=O)/C=C(/C)O.CC(=O)/C=C(\C)O.CCCCC(CC)CO.CCCCC(CC)CO.[Ti]. The first kappa shape index (κ1) is 42.2. The molecule has 33 heavy (non-hydrogen) atoms. The largest absolute Gasteiger partial charge is 0.512 e. The Morgan fingerprint density at radius 2 is 0.939 bits per heavy atom. The molecule has 0 radical (unpaired) electrons. The third kappa shape index (κ3) is 49.3. The fraction of sp³-hybridized carbons (Fsp3) is 0.769. The second kappa shape index (κ2) is 33.2. The molecule has 196 valence electrons. The minimum Gasteiger partial charge on any atom is -0.512 e. The van der Waals surface area contributed by atoms with E-state index in [9.17, 15) is 9.59 Å². The van der Waals surface area contributed by atoms with Crippen LogP contribution in [0, 0.1) is 11.8 Å². The van der Waals surface area contributed by atoms with Gasteiger partial charge >= 0.3 is 0 Å². The molecule has 4 N–H and O–H groups in total. The van der Waals surface area contributed by atoms with Crippen LogP contribution in [0.3, 0.4) is 0 Å². The number of allylic oxidation sites excluding steroid dienone is 4. The quantitative estimate of drug-likeness (QED) is 0.137. The van der Waals surface area contributed by atoms with Gasteiger partial charge in [-0.15, -0.1) is 0 Å². The first-order valence-corrected chi connectivity index (χ1v) is 11.9. The number of aliphatic hydroxyl groups is 4. The minimum atomic E-state index is -0.125.